The Morgan fingerprint density at radius 1 is 0.972 bits per heavy atom. The van der Waals surface area contributed by atoms with Gasteiger partial charge in [-0.05, 0) is 43.0 Å². The zero-order valence-corrected chi connectivity index (χ0v) is 19.8. The first-order valence-electron chi connectivity index (χ1n) is 12.2. The van der Waals surface area contributed by atoms with E-state index in [0.717, 1.165) is 36.2 Å². The zero-order chi connectivity index (χ0) is 25.3. The third kappa shape index (κ3) is 4.87. The Balaban J connectivity index is 1.21. The molecule has 0 bridgehead atoms. The van der Waals surface area contributed by atoms with Gasteiger partial charge in [-0.1, -0.05) is 30.3 Å². The molecule has 0 radical (unpaired) electrons. The van der Waals surface area contributed by atoms with Crippen LogP contribution in [0.2, 0.25) is 0 Å². The van der Waals surface area contributed by atoms with E-state index in [1.165, 1.54) is 22.5 Å². The van der Waals surface area contributed by atoms with Gasteiger partial charge < -0.3 is 9.80 Å². The molecule has 2 aromatic carbocycles. The van der Waals surface area contributed by atoms with E-state index >= 15 is 0 Å². The highest BCUT2D eigenvalue weighted by molar-refractivity contribution is 5.76. The van der Waals surface area contributed by atoms with Crippen LogP contribution in [0.4, 0.5) is 18.9 Å². The van der Waals surface area contributed by atoms with Crippen molar-refractivity contribution < 1.29 is 18.0 Å². The number of piperazine rings is 1. The van der Waals surface area contributed by atoms with Crippen LogP contribution in [0, 0.1) is 0 Å². The van der Waals surface area contributed by atoms with E-state index in [2.05, 4.69) is 11.1 Å². The van der Waals surface area contributed by atoms with Crippen molar-refractivity contribution in [2.75, 3.05) is 31.1 Å². The molecule has 0 saturated carbocycles. The number of alkyl halides is 3. The van der Waals surface area contributed by atoms with Crippen molar-refractivity contribution >= 4 is 11.6 Å². The number of benzene rings is 2. The number of aryl methyl sites for hydroxylation is 2. The molecule has 1 aliphatic carbocycles. The smallest absolute Gasteiger partial charge is 0.368 e. The molecule has 6 nitrogen and oxygen atoms in total. The van der Waals surface area contributed by atoms with Crippen molar-refractivity contribution in [2.24, 2.45) is 0 Å². The van der Waals surface area contributed by atoms with Crippen LogP contribution in [-0.4, -0.2) is 46.5 Å². The van der Waals surface area contributed by atoms with Gasteiger partial charge in [-0.25, -0.2) is 4.98 Å². The number of fused-ring (bicyclic) bond motifs is 3. The number of hydrogen-bond donors (Lipinski definition) is 0. The highest BCUT2D eigenvalue weighted by atomic mass is 19.4. The van der Waals surface area contributed by atoms with Gasteiger partial charge in [0.05, 0.1) is 17.6 Å². The summed E-state index contributed by atoms with van der Waals surface area (Å²) in [7, 11) is 0. The van der Waals surface area contributed by atoms with Crippen LogP contribution in [0.1, 0.15) is 29.5 Å². The number of carbonyl (C=O) groups excluding carboxylic acids is 1. The molecule has 0 N–H and O–H groups in total. The van der Waals surface area contributed by atoms with Gasteiger partial charge >= 0.3 is 6.18 Å². The highest BCUT2D eigenvalue weighted by Gasteiger charge is 2.31. The van der Waals surface area contributed by atoms with Gasteiger partial charge in [-0.15, -0.1) is 0 Å². The lowest BCUT2D eigenvalue weighted by Crippen LogP contribution is -2.49. The molecule has 1 amide bonds. The summed E-state index contributed by atoms with van der Waals surface area (Å²) in [6.07, 6.45) is -0.262. The molecule has 2 aliphatic rings. The average Bonchev–Trinajstić information content (AvgIpc) is 3.08. The fourth-order valence-electron chi connectivity index (χ4n) is 5.04. The van der Waals surface area contributed by atoms with Crippen LogP contribution in [0.25, 0.3) is 11.3 Å². The molecule has 9 heteroatoms. The zero-order valence-electron chi connectivity index (χ0n) is 19.8. The molecule has 3 aromatic rings. The molecule has 5 rings (SSSR count). The summed E-state index contributed by atoms with van der Waals surface area (Å²) in [5.74, 6) is -0.0779. The number of hydrogen-bond acceptors (Lipinski definition) is 4. The Hall–Kier alpha value is -3.62. The van der Waals surface area contributed by atoms with Crippen molar-refractivity contribution in [3.8, 4) is 11.3 Å². The largest absolute Gasteiger partial charge is 0.416 e. The van der Waals surface area contributed by atoms with E-state index in [4.69, 9.17) is 0 Å². The van der Waals surface area contributed by atoms with E-state index in [1.54, 1.807) is 11.0 Å². The third-order valence-corrected chi connectivity index (χ3v) is 7.01. The molecule has 0 unspecified atom stereocenters. The van der Waals surface area contributed by atoms with Gasteiger partial charge in [-0.2, -0.15) is 13.2 Å². The van der Waals surface area contributed by atoms with E-state index < -0.39 is 11.7 Å². The predicted molar refractivity (Wildman–Crippen MR) is 131 cm³/mol. The molecule has 36 heavy (non-hydrogen) atoms. The van der Waals surface area contributed by atoms with Crippen LogP contribution in [0.15, 0.2) is 59.7 Å². The van der Waals surface area contributed by atoms with Crippen LogP contribution in [0.3, 0.4) is 0 Å². The summed E-state index contributed by atoms with van der Waals surface area (Å²) < 4.78 is 40.6. The topological polar surface area (TPSA) is 58.4 Å². The normalized spacial score (nSPS) is 15.8. The molecule has 0 atom stereocenters. The van der Waals surface area contributed by atoms with Crippen LogP contribution in [-0.2, 0) is 30.4 Å². The lowest BCUT2D eigenvalue weighted by Gasteiger charge is -2.36. The number of nitrogens with zero attached hydrogens (tertiary/aromatic N) is 4. The van der Waals surface area contributed by atoms with Crippen LogP contribution >= 0.6 is 0 Å². The van der Waals surface area contributed by atoms with Gasteiger partial charge in [0.25, 0.3) is 5.56 Å². The number of carbonyl (C=O) groups is 1. The van der Waals surface area contributed by atoms with Crippen LogP contribution in [0.5, 0.6) is 0 Å². The first-order chi connectivity index (χ1) is 17.3. The summed E-state index contributed by atoms with van der Waals surface area (Å²) in [6.45, 7) is 1.99. The molecule has 188 valence electrons. The Labute approximate surface area is 207 Å². The summed E-state index contributed by atoms with van der Waals surface area (Å²) in [4.78, 5) is 34.2. The van der Waals surface area contributed by atoms with E-state index in [9.17, 15) is 22.8 Å². The number of aromatic nitrogens is 2. The van der Waals surface area contributed by atoms with Gasteiger partial charge in [0.1, 0.15) is 0 Å². The molecule has 2 heterocycles. The number of rotatable bonds is 4. The quantitative estimate of drug-likeness (QED) is 0.545. The number of anilines is 1. The third-order valence-electron chi connectivity index (χ3n) is 7.01. The molecule has 1 aromatic heterocycles. The highest BCUT2D eigenvalue weighted by Crippen LogP contribution is 2.32. The average molecular weight is 497 g/mol. The maximum Gasteiger partial charge on any atom is 0.416 e. The van der Waals surface area contributed by atoms with Crippen molar-refractivity contribution in [3.05, 3.63) is 81.9 Å². The van der Waals surface area contributed by atoms with Crippen molar-refractivity contribution in [3.63, 3.8) is 0 Å². The molecular weight excluding hydrogens is 469 g/mol. The molecule has 1 saturated heterocycles. The maximum atomic E-state index is 13.2. The monoisotopic (exact) mass is 496 g/mol. The van der Waals surface area contributed by atoms with Crippen molar-refractivity contribution in [1.29, 1.82) is 0 Å². The predicted octanol–water partition coefficient (Wildman–Crippen LogP) is 4.16. The Morgan fingerprint density at radius 2 is 1.75 bits per heavy atom. The fourth-order valence-corrected chi connectivity index (χ4v) is 5.04. The molecule has 1 fully saturated rings. The summed E-state index contributed by atoms with van der Waals surface area (Å²) in [5, 5.41) is 0. The molecule has 0 spiro atoms. The van der Waals surface area contributed by atoms with Gasteiger partial charge in [0.2, 0.25) is 5.91 Å². The standard InChI is InChI=1S/C27H27F3N4O2/c28-27(29,30)20-7-4-8-21(17-20)32-13-15-33(16-14-32)24(35)11-12-34-18-31-25-22-9-2-1-5-19(22)6-3-10-23(25)26(34)36/h1-2,4-5,7-9,17-18H,3,6,10-16H2. The molecule has 1 aliphatic heterocycles. The second kappa shape index (κ2) is 9.79. The van der Waals surface area contributed by atoms with Gasteiger partial charge in [0.15, 0.2) is 0 Å². The molecular formula is C27H27F3N4O2. The first-order valence-corrected chi connectivity index (χ1v) is 12.2. The van der Waals surface area contributed by atoms with Crippen molar-refractivity contribution in [1.82, 2.24) is 14.5 Å². The Kier molecular flexibility index (Phi) is 6.55. The minimum Gasteiger partial charge on any atom is -0.368 e. The van der Waals surface area contributed by atoms with Crippen molar-refractivity contribution in [2.45, 2.75) is 38.4 Å². The SMILES string of the molecule is O=C(CCn1cnc2c(c1=O)CCCc1ccccc1-2)N1CCN(c2cccc(C(F)(F)F)c2)CC1. The van der Waals surface area contributed by atoms with Gasteiger partial charge in [0, 0.05) is 56.0 Å². The second-order valence-electron chi connectivity index (χ2n) is 9.25. The van der Waals surface area contributed by atoms with Crippen LogP contribution < -0.4 is 10.5 Å². The van der Waals surface area contributed by atoms with E-state index in [1.807, 2.05) is 23.1 Å². The Morgan fingerprint density at radius 3 is 2.53 bits per heavy atom. The maximum absolute atomic E-state index is 13.2. The van der Waals surface area contributed by atoms with E-state index in [0.29, 0.717) is 43.9 Å². The second-order valence-corrected chi connectivity index (χ2v) is 9.25. The fraction of sp³-hybridized carbons (Fsp3) is 0.370. The lowest BCUT2D eigenvalue weighted by atomic mass is 10.0. The first kappa shape index (κ1) is 24.1. The summed E-state index contributed by atoms with van der Waals surface area (Å²) in [5.41, 5.74) is 3.36. The minimum atomic E-state index is -4.39. The number of amides is 1. The van der Waals surface area contributed by atoms with E-state index in [-0.39, 0.29) is 24.4 Å². The lowest BCUT2D eigenvalue weighted by molar-refractivity contribution is -0.137. The minimum absolute atomic E-state index is 0.0779. The Bertz CT molecular complexity index is 1330. The van der Waals surface area contributed by atoms with Gasteiger partial charge in [-0.3, -0.25) is 14.2 Å². The summed E-state index contributed by atoms with van der Waals surface area (Å²) >= 11 is 0. The number of halogens is 3. The summed E-state index contributed by atoms with van der Waals surface area (Å²) in [6, 6.07) is 13.3.